The molecule has 6 nitrogen and oxygen atoms in total. The van der Waals surface area contributed by atoms with Crippen molar-refractivity contribution in [2.45, 2.75) is 32.1 Å². The van der Waals surface area contributed by atoms with E-state index in [1.165, 1.54) is 0 Å². The topological polar surface area (TPSA) is 81.1 Å². The van der Waals surface area contributed by atoms with E-state index < -0.39 is 21.7 Å². The summed E-state index contributed by atoms with van der Waals surface area (Å²) in [5.41, 5.74) is 2.59. The number of hydrogen-bond acceptors (Lipinski definition) is 4. The quantitative estimate of drug-likeness (QED) is 0.676. The fourth-order valence-electron chi connectivity index (χ4n) is 3.16. The van der Waals surface area contributed by atoms with Crippen molar-refractivity contribution in [3.05, 3.63) is 56.8 Å². The van der Waals surface area contributed by atoms with Crippen molar-refractivity contribution < 1.29 is 13.2 Å². The van der Waals surface area contributed by atoms with Crippen LogP contribution in [0.25, 0.3) is 5.69 Å². The maximum atomic E-state index is 12.7. The zero-order valence-corrected chi connectivity index (χ0v) is 17.9. The minimum Gasteiger partial charge on any atom is -0.266 e. The predicted octanol–water partition coefficient (Wildman–Crippen LogP) is 4.17. The zero-order chi connectivity index (χ0) is 20.3. The summed E-state index contributed by atoms with van der Waals surface area (Å²) < 4.78 is 27.8. The van der Waals surface area contributed by atoms with Gasteiger partial charge in [0.15, 0.2) is 5.69 Å². The molecule has 0 bridgehead atoms. The number of amides is 1. The lowest BCUT2D eigenvalue weighted by Gasteiger charge is -2.07. The summed E-state index contributed by atoms with van der Waals surface area (Å²) in [4.78, 5) is 12.7. The van der Waals surface area contributed by atoms with E-state index in [1.807, 2.05) is 16.9 Å². The zero-order valence-electron chi connectivity index (χ0n) is 14.8. The van der Waals surface area contributed by atoms with Gasteiger partial charge in [-0.05, 0) is 56.0 Å². The van der Waals surface area contributed by atoms with Crippen molar-refractivity contribution >= 4 is 50.7 Å². The van der Waals surface area contributed by atoms with Gasteiger partial charge < -0.3 is 0 Å². The van der Waals surface area contributed by atoms with Gasteiger partial charge in [-0.1, -0.05) is 41.2 Å². The molecule has 3 rings (SSSR count). The maximum Gasteiger partial charge on any atom is 0.285 e. The highest BCUT2D eigenvalue weighted by Gasteiger charge is 2.27. The largest absolute Gasteiger partial charge is 0.285 e. The highest BCUT2D eigenvalue weighted by Crippen LogP contribution is 2.27. The number of aromatic nitrogens is 2. The summed E-state index contributed by atoms with van der Waals surface area (Å²) in [7, 11) is -3.93. The number of nitrogens with zero attached hydrogens (tertiary/aromatic N) is 2. The van der Waals surface area contributed by atoms with Gasteiger partial charge in [0, 0.05) is 16.3 Å². The van der Waals surface area contributed by atoms with E-state index in [1.54, 1.807) is 16.8 Å². The van der Waals surface area contributed by atoms with Crippen LogP contribution in [-0.2, 0) is 22.9 Å². The second kappa shape index (κ2) is 8.86. The molecule has 1 aromatic carbocycles. The normalized spacial score (nSPS) is 14.1. The number of halogens is 3. The van der Waals surface area contributed by atoms with Gasteiger partial charge in [0.1, 0.15) is 4.49 Å². The van der Waals surface area contributed by atoms with Gasteiger partial charge in [0.2, 0.25) is 10.0 Å². The first-order valence-electron chi connectivity index (χ1n) is 8.69. The molecule has 0 aliphatic heterocycles. The van der Waals surface area contributed by atoms with Gasteiger partial charge in [-0.2, -0.15) is 5.10 Å². The van der Waals surface area contributed by atoms with Crippen molar-refractivity contribution in [2.24, 2.45) is 0 Å². The van der Waals surface area contributed by atoms with Crippen molar-refractivity contribution in [2.75, 3.05) is 5.75 Å². The maximum absolute atomic E-state index is 12.7. The third-order valence-corrected chi connectivity index (χ3v) is 6.08. The second-order valence-electron chi connectivity index (χ2n) is 6.43. The molecule has 1 aliphatic carbocycles. The third-order valence-electron chi connectivity index (χ3n) is 4.42. The molecule has 0 saturated heterocycles. The Morgan fingerprint density at radius 1 is 1.14 bits per heavy atom. The number of carbonyl (C=O) groups is 1. The average Bonchev–Trinajstić information content (AvgIpc) is 2.82. The molecule has 0 radical (unpaired) electrons. The first kappa shape index (κ1) is 21.2. The number of nitrogens with one attached hydrogen (secondary N) is 1. The summed E-state index contributed by atoms with van der Waals surface area (Å²) in [5, 5.41) is 5.04. The molecule has 150 valence electrons. The molecule has 0 unspecified atom stereocenters. The van der Waals surface area contributed by atoms with Crippen LogP contribution in [-0.4, -0.2) is 29.9 Å². The van der Waals surface area contributed by atoms with Gasteiger partial charge in [-0.15, -0.1) is 0 Å². The van der Waals surface area contributed by atoms with Crippen molar-refractivity contribution in [1.29, 1.82) is 0 Å². The standard InChI is InChI=1S/C18H18Cl3N3O3S/c19-12-6-8-13(9-7-12)24-15-5-3-1-2-4-14(15)17(22-24)18(25)23-28(26,27)11-10-16(20)21/h6-10H,1-5,11H2,(H,23,25). The Morgan fingerprint density at radius 2 is 1.82 bits per heavy atom. The minimum absolute atomic E-state index is 0.122. The molecule has 0 atom stereocenters. The van der Waals surface area contributed by atoms with E-state index in [0.717, 1.165) is 48.7 Å². The first-order valence-corrected chi connectivity index (χ1v) is 11.5. The molecular weight excluding hydrogens is 445 g/mol. The molecule has 1 aromatic heterocycles. The summed E-state index contributed by atoms with van der Waals surface area (Å²) in [6.07, 6.45) is 5.45. The number of fused-ring (bicyclic) bond motifs is 1. The predicted molar refractivity (Wildman–Crippen MR) is 111 cm³/mol. The van der Waals surface area contributed by atoms with E-state index in [9.17, 15) is 13.2 Å². The molecule has 1 N–H and O–H groups in total. The lowest BCUT2D eigenvalue weighted by molar-refractivity contribution is 0.0975. The third kappa shape index (κ3) is 5.08. The van der Waals surface area contributed by atoms with E-state index in [4.69, 9.17) is 34.8 Å². The van der Waals surface area contributed by atoms with Crippen LogP contribution in [0, 0.1) is 0 Å². The Labute approximate surface area is 178 Å². The number of hydrogen-bond donors (Lipinski definition) is 1. The fourth-order valence-corrected chi connectivity index (χ4v) is 4.47. The highest BCUT2D eigenvalue weighted by atomic mass is 35.5. The van der Waals surface area contributed by atoms with Gasteiger partial charge in [0.05, 0.1) is 11.4 Å². The monoisotopic (exact) mass is 461 g/mol. The number of carbonyl (C=O) groups excluding carboxylic acids is 1. The van der Waals surface area contributed by atoms with E-state index in [-0.39, 0.29) is 10.2 Å². The molecule has 0 saturated carbocycles. The number of benzene rings is 1. The van der Waals surface area contributed by atoms with Gasteiger partial charge in [-0.25, -0.2) is 17.8 Å². The van der Waals surface area contributed by atoms with Crippen LogP contribution in [0.1, 0.15) is 41.0 Å². The molecule has 28 heavy (non-hydrogen) atoms. The van der Waals surface area contributed by atoms with Crippen LogP contribution in [0.2, 0.25) is 5.02 Å². The number of sulfonamides is 1. The molecular formula is C18H18Cl3N3O3S. The Balaban J connectivity index is 1.98. The lowest BCUT2D eigenvalue weighted by Crippen LogP contribution is -2.33. The Kier molecular flexibility index (Phi) is 6.70. The molecule has 1 aliphatic rings. The Hall–Kier alpha value is -1.54. The fraction of sp³-hybridized carbons (Fsp3) is 0.333. The SMILES string of the molecule is O=C(NS(=O)(=O)CC=C(Cl)Cl)c1nn(-c2ccc(Cl)cc2)c2c1CCCCC2. The molecule has 10 heteroatoms. The molecule has 0 spiro atoms. The smallest absolute Gasteiger partial charge is 0.266 e. The average molecular weight is 463 g/mol. The van der Waals surface area contributed by atoms with Crippen molar-refractivity contribution in [3.8, 4) is 5.69 Å². The van der Waals surface area contributed by atoms with Gasteiger partial charge in [-0.3, -0.25) is 4.79 Å². The van der Waals surface area contributed by atoms with Crippen LogP contribution < -0.4 is 4.72 Å². The van der Waals surface area contributed by atoms with Crippen molar-refractivity contribution in [1.82, 2.24) is 14.5 Å². The molecule has 1 heterocycles. The molecule has 1 amide bonds. The van der Waals surface area contributed by atoms with Crippen LogP contribution >= 0.6 is 34.8 Å². The van der Waals surface area contributed by atoms with Gasteiger partial charge >= 0.3 is 0 Å². The van der Waals surface area contributed by atoms with Gasteiger partial charge in [0.25, 0.3) is 5.91 Å². The van der Waals surface area contributed by atoms with E-state index >= 15 is 0 Å². The summed E-state index contributed by atoms with van der Waals surface area (Å²) >= 11 is 16.9. The van der Waals surface area contributed by atoms with Crippen LogP contribution in [0.15, 0.2) is 34.8 Å². The highest BCUT2D eigenvalue weighted by molar-refractivity contribution is 7.90. The Morgan fingerprint density at radius 3 is 2.50 bits per heavy atom. The second-order valence-corrected chi connectivity index (χ2v) is 9.64. The van der Waals surface area contributed by atoms with Crippen LogP contribution in [0.3, 0.4) is 0 Å². The molecule has 0 fully saturated rings. The summed E-state index contributed by atoms with van der Waals surface area (Å²) in [6, 6.07) is 7.11. The Bertz CT molecular complexity index is 1010. The molecule has 2 aromatic rings. The van der Waals surface area contributed by atoms with Crippen LogP contribution in [0.4, 0.5) is 0 Å². The summed E-state index contributed by atoms with van der Waals surface area (Å²) in [5.74, 6) is -1.26. The van der Waals surface area contributed by atoms with Crippen LogP contribution in [0.5, 0.6) is 0 Å². The van der Waals surface area contributed by atoms with E-state index in [2.05, 4.69) is 5.10 Å². The minimum atomic E-state index is -3.93. The number of rotatable bonds is 5. The first-order chi connectivity index (χ1) is 13.3. The van der Waals surface area contributed by atoms with E-state index in [0.29, 0.717) is 11.4 Å². The van der Waals surface area contributed by atoms with Crippen molar-refractivity contribution in [3.63, 3.8) is 0 Å². The lowest BCUT2D eigenvalue weighted by atomic mass is 10.1. The summed E-state index contributed by atoms with van der Waals surface area (Å²) in [6.45, 7) is 0.